The zero-order valence-electron chi connectivity index (χ0n) is 19.8. The molecule has 0 spiro atoms. The second kappa shape index (κ2) is 10.1. The quantitative estimate of drug-likeness (QED) is 0.612. The van der Waals surface area contributed by atoms with E-state index in [0.717, 1.165) is 24.0 Å². The molecule has 6 nitrogen and oxygen atoms in total. The monoisotopic (exact) mass is 459 g/mol. The van der Waals surface area contributed by atoms with Crippen LogP contribution in [0.2, 0.25) is 0 Å². The number of benzene rings is 2. The van der Waals surface area contributed by atoms with E-state index < -0.39 is 0 Å². The van der Waals surface area contributed by atoms with Crippen molar-refractivity contribution in [2.45, 2.75) is 45.1 Å². The number of methoxy groups -OCH3 is 2. The Hall–Kier alpha value is -3.67. The molecule has 0 aromatic heterocycles. The lowest BCUT2D eigenvalue weighted by Gasteiger charge is -2.20. The van der Waals surface area contributed by atoms with Gasteiger partial charge in [0.15, 0.2) is 0 Å². The molecule has 1 amide bonds. The van der Waals surface area contributed by atoms with Crippen LogP contribution in [0.1, 0.15) is 35.6 Å². The summed E-state index contributed by atoms with van der Waals surface area (Å²) in [6, 6.07) is 16.3. The summed E-state index contributed by atoms with van der Waals surface area (Å²) < 4.78 is 10.2. The van der Waals surface area contributed by atoms with Crippen molar-refractivity contribution in [1.29, 1.82) is 0 Å². The van der Waals surface area contributed by atoms with Crippen LogP contribution in [-0.2, 0) is 49.5 Å². The summed E-state index contributed by atoms with van der Waals surface area (Å²) >= 11 is 0. The van der Waals surface area contributed by atoms with Gasteiger partial charge in [-0.2, -0.15) is 0 Å². The summed E-state index contributed by atoms with van der Waals surface area (Å²) in [6.07, 6.45) is 3.16. The molecular formula is C28H29NO5. The highest BCUT2D eigenvalue weighted by Gasteiger charge is 2.34. The SMILES string of the molecule is COC1=C(OC)C(=O)C(Cc2ccc(CCC(=O)NC3Cc4ccccc4C3)cc2)=C(C)C1=O. The Morgan fingerprint density at radius 3 is 2.03 bits per heavy atom. The van der Waals surface area contributed by atoms with Gasteiger partial charge < -0.3 is 14.8 Å². The van der Waals surface area contributed by atoms with Crippen LogP contribution in [-0.4, -0.2) is 37.7 Å². The maximum atomic E-state index is 12.8. The number of hydrogen-bond acceptors (Lipinski definition) is 5. The molecule has 0 radical (unpaired) electrons. The van der Waals surface area contributed by atoms with E-state index in [2.05, 4.69) is 17.4 Å². The summed E-state index contributed by atoms with van der Waals surface area (Å²) in [5.41, 5.74) is 5.37. The number of rotatable bonds is 8. The summed E-state index contributed by atoms with van der Waals surface area (Å²) in [7, 11) is 2.71. The van der Waals surface area contributed by atoms with E-state index in [1.165, 1.54) is 25.3 Å². The molecule has 6 heteroatoms. The molecule has 2 aliphatic rings. The fraction of sp³-hybridized carbons (Fsp3) is 0.321. The fourth-order valence-corrected chi connectivity index (χ4v) is 4.65. The van der Waals surface area contributed by atoms with Crippen LogP contribution >= 0.6 is 0 Å². The number of ketones is 2. The topological polar surface area (TPSA) is 81.7 Å². The Bertz CT molecular complexity index is 1160. The molecule has 0 heterocycles. The number of fused-ring (bicyclic) bond motifs is 1. The van der Waals surface area contributed by atoms with E-state index >= 15 is 0 Å². The summed E-state index contributed by atoms with van der Waals surface area (Å²) in [6.45, 7) is 1.64. The van der Waals surface area contributed by atoms with Crippen molar-refractivity contribution in [3.8, 4) is 0 Å². The molecule has 2 aromatic carbocycles. The van der Waals surface area contributed by atoms with E-state index in [0.29, 0.717) is 30.4 Å². The van der Waals surface area contributed by atoms with Gasteiger partial charge in [-0.05, 0) is 48.4 Å². The molecule has 176 valence electrons. The Labute approximate surface area is 199 Å². The number of amides is 1. The van der Waals surface area contributed by atoms with E-state index in [9.17, 15) is 14.4 Å². The number of nitrogens with one attached hydrogen (secondary N) is 1. The molecule has 0 bridgehead atoms. The van der Waals surface area contributed by atoms with Crippen molar-refractivity contribution in [3.05, 3.63) is 93.4 Å². The van der Waals surface area contributed by atoms with E-state index in [1.54, 1.807) is 6.92 Å². The zero-order chi connectivity index (χ0) is 24.2. The van der Waals surface area contributed by atoms with Gasteiger partial charge in [0.25, 0.3) is 0 Å². The predicted octanol–water partition coefficient (Wildman–Crippen LogP) is 3.42. The normalized spacial score (nSPS) is 16.1. The van der Waals surface area contributed by atoms with Crippen LogP contribution in [0.5, 0.6) is 0 Å². The second-order valence-electron chi connectivity index (χ2n) is 8.76. The highest BCUT2D eigenvalue weighted by molar-refractivity contribution is 6.23. The first-order valence-electron chi connectivity index (χ1n) is 11.5. The second-order valence-corrected chi connectivity index (χ2v) is 8.76. The van der Waals surface area contributed by atoms with Crippen molar-refractivity contribution in [2.24, 2.45) is 0 Å². The number of hydrogen-bond donors (Lipinski definition) is 1. The zero-order valence-corrected chi connectivity index (χ0v) is 19.8. The predicted molar refractivity (Wildman–Crippen MR) is 128 cm³/mol. The first-order chi connectivity index (χ1) is 16.4. The van der Waals surface area contributed by atoms with Gasteiger partial charge >= 0.3 is 0 Å². The minimum atomic E-state index is -0.332. The number of carbonyl (C=O) groups is 3. The van der Waals surface area contributed by atoms with Gasteiger partial charge in [0.2, 0.25) is 29.0 Å². The largest absolute Gasteiger partial charge is 0.489 e. The van der Waals surface area contributed by atoms with Crippen molar-refractivity contribution >= 4 is 17.5 Å². The molecule has 2 aromatic rings. The van der Waals surface area contributed by atoms with Crippen LogP contribution in [0.3, 0.4) is 0 Å². The molecule has 0 aliphatic heterocycles. The molecule has 0 fully saturated rings. The maximum absolute atomic E-state index is 12.8. The Morgan fingerprint density at radius 2 is 1.44 bits per heavy atom. The van der Waals surface area contributed by atoms with Crippen LogP contribution < -0.4 is 5.32 Å². The third kappa shape index (κ3) is 4.81. The lowest BCUT2D eigenvalue weighted by atomic mass is 9.88. The van der Waals surface area contributed by atoms with Gasteiger partial charge in [0.1, 0.15) is 0 Å². The first-order valence-corrected chi connectivity index (χ1v) is 11.5. The van der Waals surface area contributed by atoms with E-state index in [-0.39, 0.29) is 35.0 Å². The molecule has 4 rings (SSSR count). The molecule has 0 saturated heterocycles. The van der Waals surface area contributed by atoms with E-state index in [4.69, 9.17) is 9.47 Å². The lowest BCUT2D eigenvalue weighted by molar-refractivity contribution is -0.121. The average molecular weight is 460 g/mol. The van der Waals surface area contributed by atoms with Gasteiger partial charge in [-0.3, -0.25) is 14.4 Å². The van der Waals surface area contributed by atoms with Crippen molar-refractivity contribution in [2.75, 3.05) is 14.2 Å². The summed E-state index contributed by atoms with van der Waals surface area (Å²) in [4.78, 5) is 37.8. The highest BCUT2D eigenvalue weighted by atomic mass is 16.5. The molecule has 0 saturated carbocycles. The van der Waals surface area contributed by atoms with Gasteiger partial charge in [-0.25, -0.2) is 0 Å². The Morgan fingerprint density at radius 1 is 0.882 bits per heavy atom. The van der Waals surface area contributed by atoms with Crippen LogP contribution in [0.15, 0.2) is 71.2 Å². The van der Waals surface area contributed by atoms with E-state index in [1.807, 2.05) is 36.4 Å². The molecule has 34 heavy (non-hydrogen) atoms. The van der Waals surface area contributed by atoms with Crippen molar-refractivity contribution < 1.29 is 23.9 Å². The van der Waals surface area contributed by atoms with Gasteiger partial charge in [-0.15, -0.1) is 0 Å². The van der Waals surface area contributed by atoms with Gasteiger partial charge in [0.05, 0.1) is 14.2 Å². The smallest absolute Gasteiger partial charge is 0.228 e. The van der Waals surface area contributed by atoms with Crippen molar-refractivity contribution in [1.82, 2.24) is 5.32 Å². The minimum Gasteiger partial charge on any atom is -0.489 e. The number of carbonyl (C=O) groups excluding carboxylic acids is 3. The number of aryl methyl sites for hydroxylation is 1. The van der Waals surface area contributed by atoms with Crippen LogP contribution in [0, 0.1) is 0 Å². The Kier molecular flexibility index (Phi) is 6.96. The van der Waals surface area contributed by atoms with Crippen molar-refractivity contribution in [3.63, 3.8) is 0 Å². The molecule has 2 aliphatic carbocycles. The van der Waals surface area contributed by atoms with Crippen LogP contribution in [0.4, 0.5) is 0 Å². The van der Waals surface area contributed by atoms with Gasteiger partial charge in [-0.1, -0.05) is 48.5 Å². The summed E-state index contributed by atoms with van der Waals surface area (Å²) in [5.74, 6) is -0.708. The third-order valence-corrected chi connectivity index (χ3v) is 6.56. The molecule has 0 atom stereocenters. The fourth-order valence-electron chi connectivity index (χ4n) is 4.65. The molecular weight excluding hydrogens is 430 g/mol. The standard InChI is InChI=1S/C28H29NO5/c1-17-23(26(32)28(34-3)27(33-2)25(17)31)14-19-10-8-18(9-11-19)12-13-24(30)29-22-15-20-6-4-5-7-21(20)16-22/h4-11,22H,12-16H2,1-3H3,(H,29,30). The average Bonchev–Trinajstić information content (AvgIpc) is 3.25. The summed E-state index contributed by atoms with van der Waals surface area (Å²) in [5, 5.41) is 3.15. The molecule has 0 unspecified atom stereocenters. The number of ether oxygens (including phenoxy) is 2. The highest BCUT2D eigenvalue weighted by Crippen LogP contribution is 2.28. The minimum absolute atomic E-state index is 0.0520. The van der Waals surface area contributed by atoms with Crippen LogP contribution in [0.25, 0.3) is 0 Å². The maximum Gasteiger partial charge on any atom is 0.228 e. The Balaban J connectivity index is 1.32. The third-order valence-electron chi connectivity index (χ3n) is 6.56. The first kappa shape index (κ1) is 23.5. The lowest BCUT2D eigenvalue weighted by Crippen LogP contribution is -2.35. The van der Waals surface area contributed by atoms with Gasteiger partial charge in [0, 0.05) is 30.0 Å². The molecule has 1 N–H and O–H groups in total. The number of allylic oxidation sites excluding steroid dienone is 2. The number of Topliss-reactive ketones (excluding diaryl/α,β-unsaturated/α-hetero) is 2.